The molecule has 0 saturated heterocycles. The summed E-state index contributed by atoms with van der Waals surface area (Å²) in [7, 11) is 4.79. The summed E-state index contributed by atoms with van der Waals surface area (Å²) in [5.74, 6) is 0. The molecule has 40 heavy (non-hydrogen) atoms. The van der Waals surface area contributed by atoms with Gasteiger partial charge in [0, 0.05) is 0 Å². The Balaban J connectivity index is 7.03. The van der Waals surface area contributed by atoms with Gasteiger partial charge in [0.05, 0.1) is 0 Å². The summed E-state index contributed by atoms with van der Waals surface area (Å²) >= 11 is 15.8. The molecule has 0 rings (SSSR count). The molecule has 0 unspecified atom stereocenters. The predicted octanol–water partition coefficient (Wildman–Crippen LogP) is 11.7. The molecule has 0 bridgehead atoms. The van der Waals surface area contributed by atoms with E-state index < -0.39 is 66.7 Å². The van der Waals surface area contributed by atoms with Crippen molar-refractivity contribution in [3.8, 4) is 0 Å². The molecule has 16 heteroatoms. The van der Waals surface area contributed by atoms with E-state index in [2.05, 4.69) is 0 Å². The molecule has 0 amide bonds. The van der Waals surface area contributed by atoms with E-state index in [4.69, 9.17) is 62.6 Å². The van der Waals surface area contributed by atoms with E-state index in [1.54, 1.807) is 25.4 Å². The Morgan fingerprint density at radius 1 is 0.350 bits per heavy atom. The van der Waals surface area contributed by atoms with Crippen molar-refractivity contribution in [3.63, 3.8) is 0 Å². The molecular formula is C24H54O6P3S6Sb. The molecule has 0 aromatic rings. The second-order valence-electron chi connectivity index (χ2n) is 15.0. The first-order valence-corrected chi connectivity index (χ1v) is 34.4. The molecule has 0 aliphatic heterocycles. The number of hydrogen-bond acceptors (Lipinski definition) is 12. The summed E-state index contributed by atoms with van der Waals surface area (Å²) in [4.78, 5) is 0. The van der Waals surface area contributed by atoms with Crippen molar-refractivity contribution in [2.45, 2.75) is 158 Å². The summed E-state index contributed by atoms with van der Waals surface area (Å²) in [5.41, 5.74) is -11.7. The topological polar surface area (TPSA) is 55.4 Å². The Morgan fingerprint density at radius 2 is 0.475 bits per heavy atom. The summed E-state index contributed by atoms with van der Waals surface area (Å²) in [5, 5.41) is 0. The monoisotopic (exact) mass is 844 g/mol. The van der Waals surface area contributed by atoms with Crippen LogP contribution in [0.4, 0.5) is 0 Å². The fourth-order valence-electron chi connectivity index (χ4n) is 2.46. The Hall–Kier alpha value is 3.58. The van der Waals surface area contributed by atoms with Gasteiger partial charge in [-0.25, -0.2) is 0 Å². The van der Waals surface area contributed by atoms with Gasteiger partial charge in [-0.05, 0) is 0 Å². The zero-order valence-corrected chi connectivity index (χ0v) is 37.8. The molecule has 0 aromatic carbocycles. The van der Waals surface area contributed by atoms with Crippen molar-refractivity contribution in [1.82, 2.24) is 0 Å². The van der Waals surface area contributed by atoms with Gasteiger partial charge < -0.3 is 0 Å². The van der Waals surface area contributed by atoms with Crippen molar-refractivity contribution >= 4 is 93.9 Å². The molecule has 0 aliphatic carbocycles. The molecule has 0 radical (unpaired) electrons. The standard InChI is InChI=1S/3C8H19O2PS2.Sb/c3*1-7(2,3)9-11(12,13)10-8(4,5)6;/h3*1-6H3,(H,12,13);/q;;;+3/p-3. The summed E-state index contributed by atoms with van der Waals surface area (Å²) < 4.78 is 39.3. The van der Waals surface area contributed by atoms with Crippen LogP contribution in [0.5, 0.6) is 0 Å². The summed E-state index contributed by atoms with van der Waals surface area (Å²) in [6.45, 7) is 35.9. The Morgan fingerprint density at radius 3 is 0.575 bits per heavy atom. The Labute approximate surface area is 276 Å². The Kier molecular flexibility index (Phi) is 16.6. The maximum absolute atomic E-state index is 6.54. The third-order valence-corrected chi connectivity index (χ3v) is 76.0. The maximum atomic E-state index is 6.54. The molecule has 0 spiro atoms. The fraction of sp³-hybridized carbons (Fsp3) is 1.00. The first-order chi connectivity index (χ1) is 17.0. The van der Waals surface area contributed by atoms with Crippen molar-refractivity contribution in [3.05, 3.63) is 0 Å². The molecule has 242 valence electrons. The van der Waals surface area contributed by atoms with Crippen LogP contribution in [-0.4, -0.2) is 49.6 Å². The molecule has 0 atom stereocenters. The molecule has 0 aromatic heterocycles. The van der Waals surface area contributed by atoms with E-state index >= 15 is 0 Å². The van der Waals surface area contributed by atoms with Crippen LogP contribution in [-0.2, 0) is 62.6 Å². The predicted molar refractivity (Wildman–Crippen MR) is 196 cm³/mol. The van der Waals surface area contributed by atoms with Gasteiger partial charge in [0.1, 0.15) is 0 Å². The Bertz CT molecular complexity index is 789. The average Bonchev–Trinajstić information content (AvgIpc) is 2.39. The van der Waals surface area contributed by atoms with Gasteiger partial charge in [-0.3, -0.25) is 0 Å². The summed E-state index contributed by atoms with van der Waals surface area (Å²) in [6.07, 6.45) is 0. The second-order valence-corrected chi connectivity index (χ2v) is 57.4. The van der Waals surface area contributed by atoms with E-state index in [1.165, 1.54) is 0 Å². The van der Waals surface area contributed by atoms with Gasteiger partial charge >= 0.3 is 279 Å². The van der Waals surface area contributed by atoms with Gasteiger partial charge in [0.2, 0.25) is 0 Å². The van der Waals surface area contributed by atoms with Crippen LogP contribution < -0.4 is 0 Å². The SMILES string of the molecule is CC(C)(C)OP(=S)(OC(C)(C)C)[S][Sb]([S]P(=S)(OC(C)(C)C)OC(C)(C)C)[S]P(=S)(OC(C)(C)C)OC(C)(C)C. The molecule has 0 fully saturated rings. The molecule has 0 aliphatic rings. The minimum absolute atomic E-state index is 0.511. The van der Waals surface area contributed by atoms with Crippen molar-refractivity contribution < 1.29 is 27.1 Å². The van der Waals surface area contributed by atoms with E-state index in [0.29, 0.717) is 0 Å². The summed E-state index contributed by atoms with van der Waals surface area (Å²) in [6, 6.07) is 0. The van der Waals surface area contributed by atoms with Crippen LogP contribution >= 0.6 is 42.5 Å². The van der Waals surface area contributed by atoms with Crippen LogP contribution in [0, 0.1) is 0 Å². The van der Waals surface area contributed by atoms with Crippen molar-refractivity contribution in [2.75, 3.05) is 0 Å². The molecular weight excluding hydrogens is 791 g/mol. The van der Waals surface area contributed by atoms with Gasteiger partial charge in [0.25, 0.3) is 0 Å². The van der Waals surface area contributed by atoms with Gasteiger partial charge in [-0.1, -0.05) is 0 Å². The average molecular weight is 846 g/mol. The van der Waals surface area contributed by atoms with Crippen LogP contribution in [0.3, 0.4) is 0 Å². The molecule has 0 N–H and O–H groups in total. The molecule has 0 saturated carbocycles. The van der Waals surface area contributed by atoms with Crippen molar-refractivity contribution in [2.24, 2.45) is 0 Å². The second kappa shape index (κ2) is 15.2. The van der Waals surface area contributed by atoms with Gasteiger partial charge in [-0.15, -0.1) is 0 Å². The fourth-order valence-corrected chi connectivity index (χ4v) is 119. The van der Waals surface area contributed by atoms with E-state index in [1.807, 2.05) is 125 Å². The zero-order valence-electron chi connectivity index (χ0n) is 27.7. The van der Waals surface area contributed by atoms with Crippen LogP contribution in [0.15, 0.2) is 0 Å². The van der Waals surface area contributed by atoms with Gasteiger partial charge in [-0.2, -0.15) is 0 Å². The van der Waals surface area contributed by atoms with E-state index in [9.17, 15) is 0 Å². The van der Waals surface area contributed by atoms with Crippen LogP contribution in [0.1, 0.15) is 125 Å². The van der Waals surface area contributed by atoms with Crippen LogP contribution in [0.2, 0.25) is 0 Å². The number of hydrogen-bond donors (Lipinski definition) is 0. The van der Waals surface area contributed by atoms with Gasteiger partial charge in [0.15, 0.2) is 0 Å². The molecule has 6 nitrogen and oxygen atoms in total. The first-order valence-electron chi connectivity index (χ1n) is 13.0. The normalized spacial score (nSPS) is 15.7. The van der Waals surface area contributed by atoms with Crippen molar-refractivity contribution in [1.29, 1.82) is 0 Å². The van der Waals surface area contributed by atoms with E-state index in [-0.39, 0.29) is 0 Å². The molecule has 0 heterocycles. The number of rotatable bonds is 12. The third kappa shape index (κ3) is 23.0. The quantitative estimate of drug-likeness (QED) is 0.139. The zero-order chi connectivity index (χ0) is 32.4. The third-order valence-electron chi connectivity index (χ3n) is 2.81. The van der Waals surface area contributed by atoms with Crippen LogP contribution in [0.25, 0.3) is 0 Å². The first kappa shape index (κ1) is 43.6. The minimum atomic E-state index is -2.91. The van der Waals surface area contributed by atoms with E-state index in [0.717, 1.165) is 0 Å².